The molecule has 1 heterocycles. The van der Waals surface area contributed by atoms with E-state index in [9.17, 15) is 0 Å². The fourth-order valence-electron chi connectivity index (χ4n) is 1.50. The Kier molecular flexibility index (Phi) is 4.74. The van der Waals surface area contributed by atoms with E-state index in [-0.39, 0.29) is 0 Å². The first-order chi connectivity index (χ1) is 8.70. The molecule has 18 heavy (non-hydrogen) atoms. The Morgan fingerprint density at radius 3 is 2.94 bits per heavy atom. The number of hydrogen-bond acceptors (Lipinski definition) is 4. The van der Waals surface area contributed by atoms with Crippen LogP contribution in [0, 0.1) is 0 Å². The van der Waals surface area contributed by atoms with Crippen LogP contribution in [0.2, 0.25) is 5.02 Å². The molecule has 0 saturated heterocycles. The van der Waals surface area contributed by atoms with E-state index in [1.807, 2.05) is 6.07 Å². The molecule has 96 valence electrons. The quantitative estimate of drug-likeness (QED) is 0.855. The normalized spacial score (nSPS) is 10.8. The van der Waals surface area contributed by atoms with Gasteiger partial charge in [-0.1, -0.05) is 18.5 Å². The summed E-state index contributed by atoms with van der Waals surface area (Å²) in [5, 5.41) is 11.9. The fourth-order valence-corrected chi connectivity index (χ4v) is 2.35. The average Bonchev–Trinajstić information content (AvgIpc) is 2.78. The van der Waals surface area contributed by atoms with Gasteiger partial charge in [0.25, 0.3) is 0 Å². The molecule has 4 nitrogen and oxygen atoms in total. The van der Waals surface area contributed by atoms with E-state index in [2.05, 4.69) is 38.4 Å². The van der Waals surface area contributed by atoms with Crippen molar-refractivity contribution < 1.29 is 4.42 Å². The lowest BCUT2D eigenvalue weighted by molar-refractivity contribution is 0.496. The number of halogens is 2. The van der Waals surface area contributed by atoms with Gasteiger partial charge in [0.05, 0.1) is 5.56 Å². The number of nitrogens with one attached hydrogen (secondary N) is 1. The van der Waals surface area contributed by atoms with Crippen molar-refractivity contribution in [3.05, 3.63) is 33.6 Å². The van der Waals surface area contributed by atoms with Crippen molar-refractivity contribution in [3.63, 3.8) is 0 Å². The van der Waals surface area contributed by atoms with Gasteiger partial charge in [-0.25, -0.2) is 0 Å². The van der Waals surface area contributed by atoms with Crippen molar-refractivity contribution in [3.8, 4) is 11.5 Å². The summed E-state index contributed by atoms with van der Waals surface area (Å²) in [6, 6.07) is 5.46. The topological polar surface area (TPSA) is 51.0 Å². The van der Waals surface area contributed by atoms with Crippen molar-refractivity contribution in [2.75, 3.05) is 13.1 Å². The molecular weight excluding hydrogens is 318 g/mol. The van der Waals surface area contributed by atoms with Gasteiger partial charge in [0.2, 0.25) is 11.8 Å². The number of rotatable bonds is 5. The zero-order valence-electron chi connectivity index (χ0n) is 9.91. The molecule has 0 unspecified atom stereocenters. The number of nitrogens with zero attached hydrogens (tertiary/aromatic N) is 2. The van der Waals surface area contributed by atoms with Crippen LogP contribution in [0.1, 0.15) is 12.8 Å². The van der Waals surface area contributed by atoms with Crippen LogP contribution in [0.15, 0.2) is 27.1 Å². The van der Waals surface area contributed by atoms with E-state index in [0.29, 0.717) is 16.8 Å². The molecule has 1 N–H and O–H groups in total. The van der Waals surface area contributed by atoms with Gasteiger partial charge in [-0.3, -0.25) is 0 Å². The van der Waals surface area contributed by atoms with Gasteiger partial charge in [0.1, 0.15) is 0 Å². The number of aromatic nitrogens is 2. The van der Waals surface area contributed by atoms with E-state index in [0.717, 1.165) is 29.5 Å². The van der Waals surface area contributed by atoms with Crippen LogP contribution in [0.5, 0.6) is 0 Å². The van der Waals surface area contributed by atoms with Gasteiger partial charge < -0.3 is 9.73 Å². The molecule has 0 fully saturated rings. The fraction of sp³-hybridized carbons (Fsp3) is 0.333. The third-order valence-corrected chi connectivity index (χ3v) is 3.29. The summed E-state index contributed by atoms with van der Waals surface area (Å²) in [7, 11) is 0. The smallest absolute Gasteiger partial charge is 0.248 e. The van der Waals surface area contributed by atoms with Crippen LogP contribution in [-0.2, 0) is 6.42 Å². The summed E-state index contributed by atoms with van der Waals surface area (Å²) in [4.78, 5) is 0. The lowest BCUT2D eigenvalue weighted by Gasteiger charge is -1.99. The molecule has 0 aliphatic rings. The van der Waals surface area contributed by atoms with Crippen LogP contribution >= 0.6 is 27.5 Å². The summed E-state index contributed by atoms with van der Waals surface area (Å²) >= 11 is 9.32. The van der Waals surface area contributed by atoms with E-state index in [4.69, 9.17) is 16.0 Å². The minimum absolute atomic E-state index is 0.505. The Labute approximate surface area is 119 Å². The Balaban J connectivity index is 2.13. The predicted octanol–water partition coefficient (Wildman–Crippen LogP) is 3.30. The number of benzene rings is 1. The Morgan fingerprint density at radius 2 is 2.22 bits per heavy atom. The molecule has 0 spiro atoms. The summed E-state index contributed by atoms with van der Waals surface area (Å²) < 4.78 is 6.45. The summed E-state index contributed by atoms with van der Waals surface area (Å²) in [6.45, 7) is 3.83. The van der Waals surface area contributed by atoms with Gasteiger partial charge in [-0.15, -0.1) is 10.2 Å². The van der Waals surface area contributed by atoms with E-state index < -0.39 is 0 Å². The van der Waals surface area contributed by atoms with E-state index in [1.165, 1.54) is 0 Å². The van der Waals surface area contributed by atoms with Crippen LogP contribution in [-0.4, -0.2) is 23.3 Å². The van der Waals surface area contributed by atoms with Crippen LogP contribution in [0.4, 0.5) is 0 Å². The third-order valence-electron chi connectivity index (χ3n) is 2.39. The highest BCUT2D eigenvalue weighted by Gasteiger charge is 2.11. The zero-order valence-corrected chi connectivity index (χ0v) is 12.3. The maximum atomic E-state index is 5.89. The molecule has 1 aromatic heterocycles. The number of likely N-dealkylation sites (N-methyl/N-ethyl adjacent to an activating group) is 1. The molecule has 0 aliphatic carbocycles. The molecule has 6 heteroatoms. The molecular formula is C12H13BrClN3O. The van der Waals surface area contributed by atoms with Gasteiger partial charge in [0.15, 0.2) is 0 Å². The van der Waals surface area contributed by atoms with Crippen molar-refractivity contribution in [2.24, 2.45) is 0 Å². The highest BCUT2D eigenvalue weighted by atomic mass is 79.9. The van der Waals surface area contributed by atoms with Crippen molar-refractivity contribution in [1.82, 2.24) is 15.5 Å². The second-order valence-corrected chi connectivity index (χ2v) is 5.02. The van der Waals surface area contributed by atoms with Crippen LogP contribution in [0.3, 0.4) is 0 Å². The molecule has 0 saturated carbocycles. The molecule has 1 aromatic carbocycles. The first-order valence-electron chi connectivity index (χ1n) is 5.69. The molecule has 2 rings (SSSR count). The summed E-state index contributed by atoms with van der Waals surface area (Å²) in [6.07, 6.45) is 0.728. The SMILES string of the molecule is CCNCCc1nnc(-c2ccc(Cl)cc2Br)o1. The van der Waals surface area contributed by atoms with Gasteiger partial charge in [-0.05, 0) is 40.7 Å². The van der Waals surface area contributed by atoms with Crippen molar-refractivity contribution in [2.45, 2.75) is 13.3 Å². The summed E-state index contributed by atoms with van der Waals surface area (Å²) in [5.41, 5.74) is 0.849. The summed E-state index contributed by atoms with van der Waals surface area (Å²) in [5.74, 6) is 1.14. The Hall–Kier alpha value is -0.910. The van der Waals surface area contributed by atoms with Crippen molar-refractivity contribution >= 4 is 27.5 Å². The molecule has 0 radical (unpaired) electrons. The van der Waals surface area contributed by atoms with E-state index >= 15 is 0 Å². The minimum Gasteiger partial charge on any atom is -0.421 e. The highest BCUT2D eigenvalue weighted by Crippen LogP contribution is 2.29. The van der Waals surface area contributed by atoms with Gasteiger partial charge in [-0.2, -0.15) is 0 Å². The maximum Gasteiger partial charge on any atom is 0.248 e. The molecule has 0 bridgehead atoms. The first-order valence-corrected chi connectivity index (χ1v) is 6.86. The standard InChI is InChI=1S/C12H13BrClN3O/c1-2-15-6-5-11-16-17-12(18-11)9-4-3-8(14)7-10(9)13/h3-4,7,15H,2,5-6H2,1H3. The lowest BCUT2D eigenvalue weighted by atomic mass is 10.2. The highest BCUT2D eigenvalue weighted by molar-refractivity contribution is 9.10. The minimum atomic E-state index is 0.505. The second-order valence-electron chi connectivity index (χ2n) is 3.73. The predicted molar refractivity (Wildman–Crippen MR) is 74.7 cm³/mol. The molecule has 0 atom stereocenters. The Morgan fingerprint density at radius 1 is 1.39 bits per heavy atom. The van der Waals surface area contributed by atoms with Crippen molar-refractivity contribution in [1.29, 1.82) is 0 Å². The largest absolute Gasteiger partial charge is 0.421 e. The molecule has 0 aliphatic heterocycles. The average molecular weight is 331 g/mol. The molecule has 2 aromatic rings. The first kappa shape index (κ1) is 13.5. The van der Waals surface area contributed by atoms with Gasteiger partial charge >= 0.3 is 0 Å². The lowest BCUT2D eigenvalue weighted by Crippen LogP contribution is -2.16. The maximum absolute atomic E-state index is 5.89. The zero-order chi connectivity index (χ0) is 13.0. The third kappa shape index (κ3) is 3.31. The molecule has 0 amide bonds. The van der Waals surface area contributed by atoms with E-state index in [1.54, 1.807) is 12.1 Å². The Bertz CT molecular complexity index is 530. The second kappa shape index (κ2) is 6.31. The monoisotopic (exact) mass is 329 g/mol. The number of hydrogen-bond donors (Lipinski definition) is 1. The van der Waals surface area contributed by atoms with Crippen LogP contribution < -0.4 is 5.32 Å². The van der Waals surface area contributed by atoms with Crippen LogP contribution in [0.25, 0.3) is 11.5 Å². The van der Waals surface area contributed by atoms with Gasteiger partial charge in [0, 0.05) is 22.5 Å².